The first kappa shape index (κ1) is 13.1. The van der Waals surface area contributed by atoms with Crippen molar-refractivity contribution in [1.29, 1.82) is 0 Å². The van der Waals surface area contributed by atoms with Gasteiger partial charge < -0.3 is 10.3 Å². The van der Waals surface area contributed by atoms with Gasteiger partial charge >= 0.3 is 0 Å². The predicted octanol–water partition coefficient (Wildman–Crippen LogP) is 2.71. The first-order valence-electron chi connectivity index (χ1n) is 6.37. The minimum absolute atomic E-state index is 0.480. The van der Waals surface area contributed by atoms with Crippen molar-refractivity contribution in [3.05, 3.63) is 6.33 Å². The highest BCUT2D eigenvalue weighted by atomic mass is 32.2. The molecule has 0 saturated carbocycles. The van der Waals surface area contributed by atoms with E-state index in [4.69, 9.17) is 5.73 Å². The zero-order valence-electron chi connectivity index (χ0n) is 10.9. The van der Waals surface area contributed by atoms with Gasteiger partial charge in [-0.15, -0.1) is 0 Å². The molecule has 0 radical (unpaired) electrons. The molecule has 6 heteroatoms. The standard InChI is InChI=1S/C12H19N5S/c1-3-5-6-17-8-14-9-10(13)15-12(16-11(9)17)18-7-4-2/h8H,3-7H2,1-2H3,(H2,13,15,16). The molecule has 98 valence electrons. The number of rotatable bonds is 6. The van der Waals surface area contributed by atoms with Gasteiger partial charge in [0, 0.05) is 12.3 Å². The fourth-order valence-corrected chi connectivity index (χ4v) is 2.40. The van der Waals surface area contributed by atoms with Crippen molar-refractivity contribution in [3.63, 3.8) is 0 Å². The normalized spacial score (nSPS) is 11.2. The summed E-state index contributed by atoms with van der Waals surface area (Å²) in [5.41, 5.74) is 7.50. The number of hydrogen-bond acceptors (Lipinski definition) is 5. The van der Waals surface area contributed by atoms with Gasteiger partial charge in [0.1, 0.15) is 5.52 Å². The molecule has 0 unspecified atom stereocenters. The third-order valence-corrected chi connectivity index (χ3v) is 3.71. The van der Waals surface area contributed by atoms with Gasteiger partial charge in [-0.3, -0.25) is 0 Å². The van der Waals surface area contributed by atoms with E-state index in [1.165, 1.54) is 0 Å². The lowest BCUT2D eigenvalue weighted by atomic mass is 10.3. The fourth-order valence-electron chi connectivity index (χ4n) is 1.70. The Kier molecular flexibility index (Phi) is 4.41. The Morgan fingerprint density at radius 1 is 1.28 bits per heavy atom. The Morgan fingerprint density at radius 2 is 2.11 bits per heavy atom. The van der Waals surface area contributed by atoms with Crippen LogP contribution in [0.5, 0.6) is 0 Å². The Labute approximate surface area is 111 Å². The van der Waals surface area contributed by atoms with E-state index in [9.17, 15) is 0 Å². The van der Waals surface area contributed by atoms with E-state index >= 15 is 0 Å². The van der Waals surface area contributed by atoms with Crippen molar-refractivity contribution >= 4 is 28.7 Å². The number of aromatic nitrogens is 4. The third-order valence-electron chi connectivity index (χ3n) is 2.66. The summed E-state index contributed by atoms with van der Waals surface area (Å²) >= 11 is 1.64. The molecule has 0 aliphatic heterocycles. The molecule has 0 bridgehead atoms. The molecule has 0 aliphatic rings. The maximum atomic E-state index is 5.93. The summed E-state index contributed by atoms with van der Waals surface area (Å²) in [6, 6.07) is 0. The highest BCUT2D eigenvalue weighted by Crippen LogP contribution is 2.22. The molecule has 2 aromatic rings. The highest BCUT2D eigenvalue weighted by molar-refractivity contribution is 7.99. The van der Waals surface area contributed by atoms with Crippen molar-refractivity contribution in [1.82, 2.24) is 19.5 Å². The summed E-state index contributed by atoms with van der Waals surface area (Å²) in [5.74, 6) is 1.49. The van der Waals surface area contributed by atoms with Crippen molar-refractivity contribution in [2.75, 3.05) is 11.5 Å². The number of unbranched alkanes of at least 4 members (excludes halogenated alkanes) is 1. The van der Waals surface area contributed by atoms with Crippen LogP contribution in [0.15, 0.2) is 11.5 Å². The summed E-state index contributed by atoms with van der Waals surface area (Å²) in [6.07, 6.45) is 5.17. The lowest BCUT2D eigenvalue weighted by Crippen LogP contribution is -2.01. The van der Waals surface area contributed by atoms with Crippen LogP contribution < -0.4 is 5.73 Å². The number of anilines is 1. The van der Waals surface area contributed by atoms with Gasteiger partial charge in [0.05, 0.1) is 6.33 Å². The van der Waals surface area contributed by atoms with E-state index < -0.39 is 0 Å². The monoisotopic (exact) mass is 265 g/mol. The fraction of sp³-hybridized carbons (Fsp3) is 0.583. The van der Waals surface area contributed by atoms with Crippen LogP contribution in [0.1, 0.15) is 33.1 Å². The SMILES string of the molecule is CCCCn1cnc2c(N)nc(SCCC)nc21. The predicted molar refractivity (Wildman–Crippen MR) is 75.7 cm³/mol. The molecule has 2 rings (SSSR count). The molecular weight excluding hydrogens is 246 g/mol. The molecule has 2 heterocycles. The van der Waals surface area contributed by atoms with Crippen molar-refractivity contribution in [3.8, 4) is 0 Å². The van der Waals surface area contributed by atoms with Crippen LogP contribution in [0.25, 0.3) is 11.2 Å². The van der Waals surface area contributed by atoms with Crippen molar-refractivity contribution in [2.24, 2.45) is 0 Å². The quantitative estimate of drug-likeness (QED) is 0.642. The van der Waals surface area contributed by atoms with Crippen LogP contribution in [-0.2, 0) is 6.54 Å². The summed E-state index contributed by atoms with van der Waals surface area (Å²) in [5, 5.41) is 0.750. The van der Waals surface area contributed by atoms with Gasteiger partial charge in [-0.1, -0.05) is 32.0 Å². The first-order chi connectivity index (χ1) is 8.76. The first-order valence-corrected chi connectivity index (χ1v) is 7.36. The topological polar surface area (TPSA) is 69.6 Å². The molecule has 2 N–H and O–H groups in total. The van der Waals surface area contributed by atoms with Gasteiger partial charge in [-0.2, -0.15) is 0 Å². The molecule has 0 atom stereocenters. The highest BCUT2D eigenvalue weighted by Gasteiger charge is 2.11. The van der Waals surface area contributed by atoms with Gasteiger partial charge in [-0.25, -0.2) is 15.0 Å². The third kappa shape index (κ3) is 2.75. The Hall–Kier alpha value is -1.30. The average molecular weight is 265 g/mol. The van der Waals surface area contributed by atoms with Gasteiger partial charge in [-0.05, 0) is 12.8 Å². The number of hydrogen-bond donors (Lipinski definition) is 1. The van der Waals surface area contributed by atoms with Crippen LogP contribution >= 0.6 is 11.8 Å². The molecule has 0 amide bonds. The second-order valence-corrected chi connectivity index (χ2v) is 5.27. The van der Waals surface area contributed by atoms with E-state index in [1.54, 1.807) is 18.1 Å². The van der Waals surface area contributed by atoms with Crippen LogP contribution in [0, 0.1) is 0 Å². The Balaban J connectivity index is 2.34. The molecule has 0 spiro atoms. The van der Waals surface area contributed by atoms with Crippen LogP contribution in [0.2, 0.25) is 0 Å². The molecule has 2 aromatic heterocycles. The largest absolute Gasteiger partial charge is 0.382 e. The number of nitrogens with two attached hydrogens (primary N) is 1. The minimum atomic E-state index is 0.480. The summed E-state index contributed by atoms with van der Waals surface area (Å²) < 4.78 is 2.06. The van der Waals surface area contributed by atoms with Gasteiger partial charge in [0.15, 0.2) is 16.6 Å². The molecule has 5 nitrogen and oxygen atoms in total. The van der Waals surface area contributed by atoms with E-state index in [0.29, 0.717) is 11.3 Å². The van der Waals surface area contributed by atoms with Gasteiger partial charge in [0.25, 0.3) is 0 Å². The molecule has 0 saturated heterocycles. The van der Waals surface area contributed by atoms with E-state index in [1.807, 2.05) is 0 Å². The smallest absolute Gasteiger partial charge is 0.191 e. The molecule has 0 aromatic carbocycles. The van der Waals surface area contributed by atoms with E-state index in [2.05, 4.69) is 33.4 Å². The lowest BCUT2D eigenvalue weighted by molar-refractivity contribution is 0.640. The number of fused-ring (bicyclic) bond motifs is 1. The molecular formula is C12H19N5S. The van der Waals surface area contributed by atoms with E-state index in [-0.39, 0.29) is 0 Å². The number of imidazole rings is 1. The molecule has 0 aliphatic carbocycles. The van der Waals surface area contributed by atoms with Crippen molar-refractivity contribution < 1.29 is 0 Å². The summed E-state index contributed by atoms with van der Waals surface area (Å²) in [7, 11) is 0. The zero-order chi connectivity index (χ0) is 13.0. The second kappa shape index (κ2) is 6.04. The van der Waals surface area contributed by atoms with E-state index in [0.717, 1.165) is 42.4 Å². The van der Waals surface area contributed by atoms with Gasteiger partial charge in [0.2, 0.25) is 0 Å². The minimum Gasteiger partial charge on any atom is -0.382 e. The zero-order valence-corrected chi connectivity index (χ0v) is 11.7. The maximum absolute atomic E-state index is 5.93. The van der Waals surface area contributed by atoms with Crippen molar-refractivity contribution in [2.45, 2.75) is 44.8 Å². The van der Waals surface area contributed by atoms with Crippen LogP contribution in [0.4, 0.5) is 5.82 Å². The number of aryl methyl sites for hydroxylation is 1. The molecule has 18 heavy (non-hydrogen) atoms. The Morgan fingerprint density at radius 3 is 2.83 bits per heavy atom. The second-order valence-electron chi connectivity index (χ2n) is 4.20. The maximum Gasteiger partial charge on any atom is 0.191 e. The Bertz CT molecular complexity index is 522. The lowest BCUT2D eigenvalue weighted by Gasteiger charge is -2.04. The summed E-state index contributed by atoms with van der Waals surface area (Å²) in [6.45, 7) is 5.24. The number of nitrogen functional groups attached to an aromatic ring is 1. The molecule has 0 fully saturated rings. The summed E-state index contributed by atoms with van der Waals surface area (Å²) in [4.78, 5) is 13.1. The number of nitrogens with zero attached hydrogens (tertiary/aromatic N) is 4. The average Bonchev–Trinajstić information content (AvgIpc) is 2.77. The number of thioether (sulfide) groups is 1. The van der Waals surface area contributed by atoms with Crippen LogP contribution in [0.3, 0.4) is 0 Å². The van der Waals surface area contributed by atoms with Crippen LogP contribution in [-0.4, -0.2) is 25.3 Å².